The van der Waals surface area contributed by atoms with E-state index in [-0.39, 0.29) is 11.6 Å². The molecule has 156 valence electrons. The van der Waals surface area contributed by atoms with Gasteiger partial charge in [0.05, 0.1) is 6.10 Å². The minimum Gasteiger partial charge on any atom is -0.412 e. The minimum atomic E-state index is -0.0907. The van der Waals surface area contributed by atoms with Gasteiger partial charge in [0.15, 0.2) is 0 Å². The molecule has 5 rings (SSSR count). The fourth-order valence-electron chi connectivity index (χ4n) is 7.61. The molecule has 0 radical (unpaired) electrons. The molecule has 1 heterocycles. The molecule has 0 aliphatic heterocycles. The van der Waals surface area contributed by atoms with Gasteiger partial charge in [-0.05, 0) is 91.4 Å². The summed E-state index contributed by atoms with van der Waals surface area (Å²) in [5.41, 5.74) is 2.43. The van der Waals surface area contributed by atoms with Gasteiger partial charge >= 0.3 is 0 Å². The zero-order valence-corrected chi connectivity index (χ0v) is 18.2. The highest BCUT2D eigenvalue weighted by Gasteiger charge is 2.58. The van der Waals surface area contributed by atoms with Crippen LogP contribution in [0.4, 0.5) is 0 Å². The second-order valence-electron chi connectivity index (χ2n) is 10.3. The molecule has 0 aromatic carbocycles. The number of rotatable bonds is 3. The summed E-state index contributed by atoms with van der Waals surface area (Å²) in [5, 5.41) is 16.3. The number of hydrogen-bond acceptors (Lipinski definition) is 3. The number of nitrogens with one attached hydrogen (secondary N) is 1. The highest BCUT2D eigenvalue weighted by Crippen LogP contribution is 2.64. The van der Waals surface area contributed by atoms with Gasteiger partial charge in [-0.2, -0.15) is 0 Å². The quantitative estimate of drug-likeness (QED) is 0.718. The van der Waals surface area contributed by atoms with Gasteiger partial charge in [0.2, 0.25) is 0 Å². The van der Waals surface area contributed by atoms with Gasteiger partial charge in [0.25, 0.3) is 0 Å². The van der Waals surface area contributed by atoms with Crippen LogP contribution in [0.2, 0.25) is 0 Å². The molecule has 0 saturated heterocycles. The Morgan fingerprint density at radius 2 is 2.00 bits per heavy atom. The summed E-state index contributed by atoms with van der Waals surface area (Å²) in [6, 6.07) is 5.10. The first kappa shape index (κ1) is 20.6. The van der Waals surface area contributed by atoms with Crippen molar-refractivity contribution in [2.45, 2.75) is 83.9 Å². The Morgan fingerprint density at radius 3 is 2.79 bits per heavy atom. The molecule has 28 heavy (non-hydrogen) atoms. The third-order valence-corrected chi connectivity index (χ3v) is 10.1. The molecule has 3 nitrogen and oxygen atoms in total. The summed E-state index contributed by atoms with van der Waals surface area (Å²) in [6.45, 7) is 6.17. The van der Waals surface area contributed by atoms with Gasteiger partial charge in [-0.3, -0.25) is 0 Å². The largest absolute Gasteiger partial charge is 0.412 e. The van der Waals surface area contributed by atoms with E-state index in [1.807, 2.05) is 11.3 Å². The fourth-order valence-corrected chi connectivity index (χ4v) is 8.27. The molecule has 1 aromatic heterocycles. The van der Waals surface area contributed by atoms with Gasteiger partial charge < -0.3 is 15.9 Å². The standard InChI is InChI=1S/C24H35NOS.H2O/c1-23-11-9-17(26)14-16(23)5-6-19-20-7-8-22(24(20,2)12-10-21(19)23)25-15-18-4-3-13-27-18;/h3-5,13,17,19-22,25-26H,6-12,14-15H2,1-2H3;1H2/t17-,19-,20-,21-,22-,23-,24-;/m0./s1. The van der Waals surface area contributed by atoms with Crippen molar-refractivity contribution in [2.24, 2.45) is 28.6 Å². The van der Waals surface area contributed by atoms with Crippen LogP contribution in [-0.2, 0) is 6.54 Å². The van der Waals surface area contributed by atoms with Gasteiger partial charge in [-0.1, -0.05) is 31.6 Å². The normalized spacial score (nSPS) is 44.7. The molecular formula is C24H37NO2S. The van der Waals surface area contributed by atoms with Crippen LogP contribution >= 0.6 is 11.3 Å². The summed E-state index contributed by atoms with van der Waals surface area (Å²) >= 11 is 1.87. The van der Waals surface area contributed by atoms with Crippen molar-refractivity contribution in [1.29, 1.82) is 0 Å². The van der Waals surface area contributed by atoms with Crippen LogP contribution in [0.5, 0.6) is 0 Å². The van der Waals surface area contributed by atoms with Crippen LogP contribution < -0.4 is 5.32 Å². The molecule has 0 amide bonds. The predicted molar refractivity (Wildman–Crippen MR) is 116 cm³/mol. The first-order chi connectivity index (χ1) is 13.0. The van der Waals surface area contributed by atoms with E-state index in [1.54, 1.807) is 5.57 Å². The third kappa shape index (κ3) is 3.12. The molecule has 4 heteroatoms. The monoisotopic (exact) mass is 403 g/mol. The summed E-state index contributed by atoms with van der Waals surface area (Å²) in [5.74, 6) is 2.58. The van der Waals surface area contributed by atoms with Gasteiger partial charge in [0, 0.05) is 17.5 Å². The molecular weight excluding hydrogens is 366 g/mol. The van der Waals surface area contributed by atoms with Crippen LogP contribution in [-0.4, -0.2) is 22.7 Å². The molecule has 3 saturated carbocycles. The Hall–Kier alpha value is -0.680. The van der Waals surface area contributed by atoms with Crippen molar-refractivity contribution in [3.05, 3.63) is 34.0 Å². The summed E-state index contributed by atoms with van der Waals surface area (Å²) in [4.78, 5) is 1.47. The summed E-state index contributed by atoms with van der Waals surface area (Å²) in [7, 11) is 0. The SMILES string of the molecule is C[C@]12CC[C@H]3[C@@H](CC=C4C[C@@H](O)CC[C@@]43C)[C@@H]1CC[C@@H]2NCc1cccs1.O. The number of fused-ring (bicyclic) bond motifs is 5. The lowest BCUT2D eigenvalue weighted by Crippen LogP contribution is -2.53. The van der Waals surface area contributed by atoms with E-state index in [9.17, 15) is 5.11 Å². The van der Waals surface area contributed by atoms with E-state index in [2.05, 4.69) is 42.8 Å². The Bertz CT molecular complexity index is 716. The predicted octanol–water partition coefficient (Wildman–Crippen LogP) is 4.71. The maximum atomic E-state index is 10.2. The van der Waals surface area contributed by atoms with Crippen molar-refractivity contribution in [3.8, 4) is 0 Å². The second-order valence-corrected chi connectivity index (χ2v) is 11.3. The Labute approximate surface area is 173 Å². The van der Waals surface area contributed by atoms with Crippen LogP contribution in [0.3, 0.4) is 0 Å². The molecule has 0 bridgehead atoms. The van der Waals surface area contributed by atoms with Crippen LogP contribution in [0, 0.1) is 28.6 Å². The van der Waals surface area contributed by atoms with E-state index in [1.165, 1.54) is 43.4 Å². The second kappa shape index (κ2) is 7.54. The lowest BCUT2D eigenvalue weighted by atomic mass is 9.48. The molecule has 7 atom stereocenters. The van der Waals surface area contributed by atoms with Gasteiger partial charge in [0.1, 0.15) is 0 Å². The van der Waals surface area contributed by atoms with Crippen molar-refractivity contribution >= 4 is 11.3 Å². The van der Waals surface area contributed by atoms with Crippen molar-refractivity contribution in [3.63, 3.8) is 0 Å². The number of hydrogen-bond donors (Lipinski definition) is 2. The van der Waals surface area contributed by atoms with E-state index in [0.717, 1.165) is 37.1 Å². The lowest BCUT2D eigenvalue weighted by Gasteiger charge is -2.58. The fraction of sp³-hybridized carbons (Fsp3) is 0.750. The molecule has 0 spiro atoms. The van der Waals surface area contributed by atoms with Crippen LogP contribution in [0.25, 0.3) is 0 Å². The summed E-state index contributed by atoms with van der Waals surface area (Å²) < 4.78 is 0. The number of aliphatic hydroxyl groups excluding tert-OH is 1. The lowest BCUT2D eigenvalue weighted by molar-refractivity contribution is -0.0434. The van der Waals surface area contributed by atoms with Gasteiger partial charge in [-0.25, -0.2) is 0 Å². The minimum absolute atomic E-state index is 0. The van der Waals surface area contributed by atoms with Gasteiger partial charge in [-0.15, -0.1) is 11.3 Å². The first-order valence-electron chi connectivity index (χ1n) is 11.1. The molecule has 1 aromatic rings. The first-order valence-corrected chi connectivity index (χ1v) is 12.0. The number of thiophene rings is 1. The average molecular weight is 404 g/mol. The zero-order valence-electron chi connectivity index (χ0n) is 17.4. The third-order valence-electron chi connectivity index (χ3n) is 9.18. The molecule has 4 N–H and O–H groups in total. The van der Waals surface area contributed by atoms with Crippen LogP contribution in [0.15, 0.2) is 29.2 Å². The van der Waals surface area contributed by atoms with E-state index < -0.39 is 0 Å². The van der Waals surface area contributed by atoms with Crippen molar-refractivity contribution in [2.75, 3.05) is 0 Å². The number of allylic oxidation sites excluding steroid dienone is 1. The maximum Gasteiger partial charge on any atom is 0.0577 e. The smallest absolute Gasteiger partial charge is 0.0577 e. The topological polar surface area (TPSA) is 63.8 Å². The molecule has 0 unspecified atom stereocenters. The molecule has 4 aliphatic carbocycles. The maximum absolute atomic E-state index is 10.2. The Balaban J connectivity index is 0.00000192. The summed E-state index contributed by atoms with van der Waals surface area (Å²) in [6.07, 6.45) is 12.4. The number of aliphatic hydroxyl groups is 1. The zero-order chi connectivity index (χ0) is 18.6. The average Bonchev–Trinajstić information content (AvgIpc) is 3.28. The molecule has 4 aliphatic rings. The van der Waals surface area contributed by atoms with Crippen LogP contribution in [0.1, 0.15) is 70.1 Å². The highest BCUT2D eigenvalue weighted by molar-refractivity contribution is 7.09. The Morgan fingerprint density at radius 1 is 1.14 bits per heavy atom. The van der Waals surface area contributed by atoms with E-state index in [4.69, 9.17) is 0 Å². The van der Waals surface area contributed by atoms with E-state index in [0.29, 0.717) is 16.9 Å². The van der Waals surface area contributed by atoms with Crippen molar-refractivity contribution < 1.29 is 10.6 Å². The van der Waals surface area contributed by atoms with E-state index >= 15 is 0 Å². The van der Waals surface area contributed by atoms with Crippen molar-refractivity contribution in [1.82, 2.24) is 5.32 Å². The highest BCUT2D eigenvalue weighted by atomic mass is 32.1. The Kier molecular flexibility index (Phi) is 5.54. The molecule has 3 fully saturated rings.